The highest BCUT2D eigenvalue weighted by atomic mass is 32.1. The molecule has 38 heavy (non-hydrogen) atoms. The molecule has 3 fully saturated rings. The number of nitrogens with one attached hydrogen (secondary N) is 1. The van der Waals surface area contributed by atoms with Crippen molar-refractivity contribution in [3.63, 3.8) is 0 Å². The molecule has 6 rings (SSSR count). The van der Waals surface area contributed by atoms with Gasteiger partial charge in [0.15, 0.2) is 0 Å². The topological polar surface area (TPSA) is 94.9 Å². The number of nitrogens with zero attached hydrogens (tertiary/aromatic N) is 3. The van der Waals surface area contributed by atoms with Crippen LogP contribution >= 0.6 is 22.0 Å². The summed E-state index contributed by atoms with van der Waals surface area (Å²) in [6.45, 7) is 6.66. The van der Waals surface area contributed by atoms with E-state index in [9.17, 15) is 9.59 Å². The molecule has 1 N–H and O–H groups in total. The Morgan fingerprint density at radius 1 is 1.26 bits per heavy atom. The SMILES string of the molecule is CC[C@H]1O[C@@H](n2ccc(NC(=O)C(C)C)nc2=O)CC1OP1OC2(Cc3ccccc3C2)[C@@H]2CCCN21.S. The lowest BCUT2D eigenvalue weighted by Gasteiger charge is -2.27. The monoisotopic (exact) mass is 560 g/mol. The molecule has 2 aromatic rings. The molecule has 0 radical (unpaired) electrons. The fourth-order valence-electron chi connectivity index (χ4n) is 6.17. The van der Waals surface area contributed by atoms with Crippen LogP contribution in [0.5, 0.6) is 0 Å². The summed E-state index contributed by atoms with van der Waals surface area (Å²) in [7, 11) is -1.21. The first kappa shape index (κ1) is 27.7. The molecule has 5 atom stereocenters. The Labute approximate surface area is 231 Å². The molecule has 1 spiro atoms. The van der Waals surface area contributed by atoms with Crippen molar-refractivity contribution in [3.05, 3.63) is 58.1 Å². The van der Waals surface area contributed by atoms with Crippen molar-refractivity contribution in [2.75, 3.05) is 11.9 Å². The van der Waals surface area contributed by atoms with Gasteiger partial charge in [-0.25, -0.2) is 9.46 Å². The van der Waals surface area contributed by atoms with Crippen LogP contribution in [0.3, 0.4) is 0 Å². The van der Waals surface area contributed by atoms with Crippen molar-refractivity contribution in [3.8, 4) is 0 Å². The normalized spacial score (nSPS) is 29.4. The summed E-state index contributed by atoms with van der Waals surface area (Å²) in [4.78, 5) is 28.8. The van der Waals surface area contributed by atoms with Crippen molar-refractivity contribution in [2.24, 2.45) is 5.92 Å². The smallest absolute Gasteiger partial charge is 0.351 e. The molecule has 11 heteroatoms. The van der Waals surface area contributed by atoms with Crippen molar-refractivity contribution in [2.45, 2.75) is 89.4 Å². The van der Waals surface area contributed by atoms with Crippen LogP contribution in [0.1, 0.15) is 63.8 Å². The number of ether oxygens (including phenoxy) is 1. The molecule has 2 unspecified atom stereocenters. The second-order valence-electron chi connectivity index (χ2n) is 10.9. The first-order valence-electron chi connectivity index (χ1n) is 13.4. The lowest BCUT2D eigenvalue weighted by atomic mass is 9.90. The lowest BCUT2D eigenvalue weighted by molar-refractivity contribution is -0.118. The van der Waals surface area contributed by atoms with Gasteiger partial charge in [-0.15, -0.1) is 0 Å². The molecule has 206 valence electrons. The van der Waals surface area contributed by atoms with E-state index >= 15 is 0 Å². The number of fused-ring (bicyclic) bond motifs is 3. The van der Waals surface area contributed by atoms with Gasteiger partial charge in [0.05, 0.1) is 12.2 Å². The summed E-state index contributed by atoms with van der Waals surface area (Å²) in [6, 6.07) is 10.7. The number of rotatable bonds is 6. The molecular formula is C27H37N4O5PS. The molecule has 9 nitrogen and oxygen atoms in total. The number of hydrogen-bond acceptors (Lipinski definition) is 7. The number of carbonyl (C=O) groups excluding carboxylic acids is 1. The summed E-state index contributed by atoms with van der Waals surface area (Å²) in [5.41, 5.74) is 2.12. The highest BCUT2D eigenvalue weighted by molar-refractivity contribution is 7.59. The second kappa shape index (κ2) is 11.0. The van der Waals surface area contributed by atoms with Crippen molar-refractivity contribution >= 4 is 33.7 Å². The average molecular weight is 561 g/mol. The van der Waals surface area contributed by atoms with Gasteiger partial charge in [-0.1, -0.05) is 45.0 Å². The summed E-state index contributed by atoms with van der Waals surface area (Å²) in [5, 5.41) is 2.68. The Morgan fingerprint density at radius 3 is 2.66 bits per heavy atom. The first-order chi connectivity index (χ1) is 17.9. The molecular weight excluding hydrogens is 523 g/mol. The maximum absolute atomic E-state index is 12.8. The van der Waals surface area contributed by atoms with E-state index in [2.05, 4.69) is 46.2 Å². The van der Waals surface area contributed by atoms with Gasteiger partial charge in [-0.2, -0.15) is 18.5 Å². The molecule has 3 aliphatic heterocycles. The fourth-order valence-corrected chi connectivity index (χ4v) is 8.32. The standard InChI is InChI=1S/C27H35N4O5P.H2S/c1-4-20-21(14-24(34-20)30-13-11-23(29-26(30)33)28-25(32)17(2)3)35-37-31-12-7-10-22(31)27(36-37)15-18-8-5-6-9-19(18)16-27;/h5-6,8-9,11,13,17,20-22,24H,4,7,10,12,14-16H2,1-3H3,(H,28,29,32,33);1H2/t20-,21?,22+,24-,37?;/m1./s1. The summed E-state index contributed by atoms with van der Waals surface area (Å²) >= 11 is 0. The molecule has 4 aliphatic rings. The minimum Gasteiger partial charge on any atom is -0.352 e. The van der Waals surface area contributed by atoms with Gasteiger partial charge in [0.2, 0.25) is 5.91 Å². The van der Waals surface area contributed by atoms with Crippen LogP contribution in [0.4, 0.5) is 5.82 Å². The van der Waals surface area contributed by atoms with Crippen molar-refractivity contribution in [1.82, 2.24) is 14.2 Å². The minimum atomic E-state index is -1.21. The predicted octanol–water partition coefficient (Wildman–Crippen LogP) is 4.29. The summed E-state index contributed by atoms with van der Waals surface area (Å²) in [5.74, 6) is -0.120. The third kappa shape index (κ3) is 4.95. The molecule has 3 saturated heterocycles. The van der Waals surface area contributed by atoms with Gasteiger partial charge >= 0.3 is 5.69 Å². The number of aromatic nitrogens is 2. The maximum Gasteiger partial charge on any atom is 0.351 e. The van der Waals surface area contributed by atoms with Crippen LogP contribution in [0.25, 0.3) is 0 Å². The van der Waals surface area contributed by atoms with Crippen LogP contribution in [0.2, 0.25) is 0 Å². The zero-order chi connectivity index (χ0) is 25.7. The molecule has 1 aromatic carbocycles. The Morgan fingerprint density at radius 2 is 2.00 bits per heavy atom. The van der Waals surface area contributed by atoms with Gasteiger partial charge in [-0.3, -0.25) is 9.36 Å². The van der Waals surface area contributed by atoms with Gasteiger partial charge in [0.25, 0.3) is 8.53 Å². The number of hydrogen-bond donors (Lipinski definition) is 1. The van der Waals surface area contributed by atoms with Gasteiger partial charge in [-0.05, 0) is 36.5 Å². The van der Waals surface area contributed by atoms with Crippen LogP contribution in [0, 0.1) is 5.92 Å². The van der Waals surface area contributed by atoms with Gasteiger partial charge in [0.1, 0.15) is 17.6 Å². The Hall–Kier alpha value is -1.81. The average Bonchev–Trinajstić information content (AvgIpc) is 3.64. The Balaban J connectivity index is 0.00000294. The van der Waals surface area contributed by atoms with E-state index in [4.69, 9.17) is 13.8 Å². The summed E-state index contributed by atoms with van der Waals surface area (Å²) < 4.78 is 23.8. The highest BCUT2D eigenvalue weighted by Crippen LogP contribution is 2.64. The largest absolute Gasteiger partial charge is 0.352 e. The zero-order valence-electron chi connectivity index (χ0n) is 22.1. The van der Waals surface area contributed by atoms with E-state index in [0.29, 0.717) is 12.5 Å². The van der Waals surface area contributed by atoms with Crippen LogP contribution < -0.4 is 11.0 Å². The number of benzene rings is 1. The van der Waals surface area contributed by atoms with E-state index in [1.165, 1.54) is 15.7 Å². The molecule has 1 aromatic heterocycles. The predicted molar refractivity (Wildman–Crippen MR) is 150 cm³/mol. The third-order valence-corrected chi connectivity index (χ3v) is 9.99. The zero-order valence-corrected chi connectivity index (χ0v) is 24.0. The van der Waals surface area contributed by atoms with Crippen LogP contribution in [-0.2, 0) is 31.4 Å². The molecule has 0 saturated carbocycles. The quantitative estimate of drug-likeness (QED) is 0.527. The van der Waals surface area contributed by atoms with Crippen molar-refractivity contribution in [1.29, 1.82) is 0 Å². The van der Waals surface area contributed by atoms with Crippen molar-refractivity contribution < 1.29 is 18.6 Å². The van der Waals surface area contributed by atoms with Gasteiger partial charge in [0, 0.05) is 44.0 Å². The lowest BCUT2D eigenvalue weighted by Crippen LogP contribution is -2.42. The fraction of sp³-hybridized carbons (Fsp3) is 0.593. The van der Waals surface area contributed by atoms with Crippen LogP contribution in [0.15, 0.2) is 41.3 Å². The highest BCUT2D eigenvalue weighted by Gasteiger charge is 2.59. The van der Waals surface area contributed by atoms with E-state index in [1.807, 2.05) is 0 Å². The second-order valence-corrected chi connectivity index (χ2v) is 12.3. The van der Waals surface area contributed by atoms with Crippen LogP contribution in [-0.4, -0.2) is 50.5 Å². The van der Waals surface area contributed by atoms with E-state index < -0.39 is 20.4 Å². The molecule has 1 aliphatic carbocycles. The molecule has 4 heterocycles. The number of amides is 1. The Bertz CT molecular complexity index is 1220. The maximum atomic E-state index is 12.8. The minimum absolute atomic E-state index is 0. The molecule has 1 amide bonds. The third-order valence-electron chi connectivity index (χ3n) is 8.12. The molecule has 0 bridgehead atoms. The van der Waals surface area contributed by atoms with E-state index in [-0.39, 0.29) is 48.9 Å². The van der Waals surface area contributed by atoms with E-state index in [1.54, 1.807) is 26.1 Å². The summed E-state index contributed by atoms with van der Waals surface area (Å²) in [6.07, 6.45) is 6.36. The number of carbonyl (C=O) groups is 1. The number of anilines is 1. The Kier molecular flexibility index (Phi) is 8.02. The van der Waals surface area contributed by atoms with Gasteiger partial charge < -0.3 is 19.1 Å². The first-order valence-corrected chi connectivity index (χ1v) is 14.5. The van der Waals surface area contributed by atoms with E-state index in [0.717, 1.165) is 38.6 Å².